The highest BCUT2D eigenvalue weighted by Gasteiger charge is 2.11. The number of benzene rings is 3. The lowest BCUT2D eigenvalue weighted by molar-refractivity contribution is 0.0953. The number of amides is 2. The van der Waals surface area contributed by atoms with Gasteiger partial charge >= 0.3 is 0 Å². The van der Waals surface area contributed by atoms with E-state index in [2.05, 4.69) is 31.8 Å². The molecule has 0 radical (unpaired) electrons. The van der Waals surface area contributed by atoms with Gasteiger partial charge in [-0.25, -0.2) is 5.43 Å². The number of nitrogens with one attached hydrogen (secondary N) is 2. The van der Waals surface area contributed by atoms with Gasteiger partial charge in [0.05, 0.1) is 23.9 Å². The Hall–Kier alpha value is -3.16. The van der Waals surface area contributed by atoms with Crippen molar-refractivity contribution in [1.29, 1.82) is 0 Å². The van der Waals surface area contributed by atoms with Crippen LogP contribution in [-0.4, -0.2) is 25.1 Å². The molecule has 0 aliphatic heterocycles. The second-order valence-electron chi connectivity index (χ2n) is 6.10. The first-order valence-corrected chi connectivity index (χ1v) is 9.98. The van der Waals surface area contributed by atoms with Crippen LogP contribution >= 0.6 is 27.5 Å². The molecule has 8 heteroatoms. The minimum atomic E-state index is -0.422. The molecule has 0 saturated heterocycles. The average molecular weight is 487 g/mol. The number of carbonyl (C=O) groups is 2. The van der Waals surface area contributed by atoms with E-state index in [4.69, 9.17) is 16.3 Å². The van der Waals surface area contributed by atoms with Gasteiger partial charge in [0.2, 0.25) is 0 Å². The summed E-state index contributed by atoms with van der Waals surface area (Å²) < 4.78 is 6.12. The summed E-state index contributed by atoms with van der Waals surface area (Å²) in [5.74, 6) is -0.160. The minimum absolute atomic E-state index is 0.338. The number of methoxy groups -OCH3 is 1. The number of anilines is 1. The van der Waals surface area contributed by atoms with Crippen LogP contribution in [-0.2, 0) is 0 Å². The number of hydrogen-bond acceptors (Lipinski definition) is 4. The summed E-state index contributed by atoms with van der Waals surface area (Å²) in [6, 6.07) is 18.7. The Morgan fingerprint density at radius 3 is 2.60 bits per heavy atom. The molecule has 0 aromatic heterocycles. The van der Waals surface area contributed by atoms with Crippen molar-refractivity contribution in [3.63, 3.8) is 0 Å². The predicted molar refractivity (Wildman–Crippen MR) is 122 cm³/mol. The maximum atomic E-state index is 12.4. The molecule has 0 unspecified atom stereocenters. The van der Waals surface area contributed by atoms with Crippen LogP contribution in [0.25, 0.3) is 0 Å². The number of hydrogen-bond donors (Lipinski definition) is 2. The fourth-order valence-corrected chi connectivity index (χ4v) is 3.21. The lowest BCUT2D eigenvalue weighted by Gasteiger charge is -2.08. The Kier molecular flexibility index (Phi) is 7.21. The third-order valence-electron chi connectivity index (χ3n) is 4.06. The summed E-state index contributed by atoms with van der Waals surface area (Å²) in [5.41, 5.74) is 4.32. The van der Waals surface area contributed by atoms with Crippen LogP contribution in [0.15, 0.2) is 76.3 Å². The summed E-state index contributed by atoms with van der Waals surface area (Å²) in [6.07, 6.45) is 1.49. The van der Waals surface area contributed by atoms with Gasteiger partial charge in [-0.15, -0.1) is 0 Å². The molecule has 2 N–H and O–H groups in total. The fourth-order valence-electron chi connectivity index (χ4n) is 2.61. The molecule has 0 aliphatic carbocycles. The van der Waals surface area contributed by atoms with Crippen LogP contribution in [0, 0.1) is 0 Å². The number of rotatable bonds is 6. The van der Waals surface area contributed by atoms with Crippen molar-refractivity contribution in [3.05, 3.63) is 92.9 Å². The molecule has 0 atom stereocenters. The molecule has 152 valence electrons. The molecule has 0 fully saturated rings. The van der Waals surface area contributed by atoms with Crippen LogP contribution in [0.3, 0.4) is 0 Å². The largest absolute Gasteiger partial charge is 0.496 e. The van der Waals surface area contributed by atoms with Gasteiger partial charge in [-0.3, -0.25) is 9.59 Å². The standard InChI is InChI=1S/C22H17BrClN3O3/c1-30-20-10-9-16(23)11-15(20)13-25-27-21(28)14-5-4-6-17(12-14)26-22(29)18-7-2-3-8-19(18)24/h2-13H,1H3,(H,26,29)(H,27,28). The summed E-state index contributed by atoms with van der Waals surface area (Å²) in [7, 11) is 1.56. The van der Waals surface area contributed by atoms with Crippen molar-refractivity contribution in [2.75, 3.05) is 12.4 Å². The van der Waals surface area contributed by atoms with Gasteiger partial charge in [0.15, 0.2) is 0 Å². The maximum Gasteiger partial charge on any atom is 0.271 e. The number of hydrazone groups is 1. The van der Waals surface area contributed by atoms with E-state index in [1.807, 2.05) is 12.1 Å². The molecule has 0 heterocycles. The Morgan fingerprint density at radius 1 is 1.03 bits per heavy atom. The van der Waals surface area contributed by atoms with E-state index >= 15 is 0 Å². The number of halogens is 2. The first-order chi connectivity index (χ1) is 14.5. The van der Waals surface area contributed by atoms with Crippen LogP contribution in [0.1, 0.15) is 26.3 Å². The predicted octanol–water partition coefficient (Wildman–Crippen LogP) is 5.13. The lowest BCUT2D eigenvalue weighted by atomic mass is 10.1. The highest BCUT2D eigenvalue weighted by molar-refractivity contribution is 9.10. The quantitative estimate of drug-likeness (QED) is 0.374. The number of ether oxygens (including phenoxy) is 1. The van der Waals surface area contributed by atoms with Crippen molar-refractivity contribution in [2.24, 2.45) is 5.10 Å². The Bertz CT molecular complexity index is 1120. The molecule has 2 amide bonds. The highest BCUT2D eigenvalue weighted by Crippen LogP contribution is 2.21. The highest BCUT2D eigenvalue weighted by atomic mass is 79.9. The third-order valence-corrected chi connectivity index (χ3v) is 4.89. The van der Waals surface area contributed by atoms with Crippen molar-refractivity contribution in [2.45, 2.75) is 0 Å². The summed E-state index contributed by atoms with van der Waals surface area (Å²) in [6.45, 7) is 0. The zero-order valence-electron chi connectivity index (χ0n) is 15.9. The molecule has 0 saturated carbocycles. The van der Waals surface area contributed by atoms with Crippen LogP contribution < -0.4 is 15.5 Å². The summed E-state index contributed by atoms with van der Waals surface area (Å²) in [5, 5.41) is 7.07. The second-order valence-corrected chi connectivity index (χ2v) is 7.42. The third kappa shape index (κ3) is 5.46. The van der Waals surface area contributed by atoms with E-state index in [9.17, 15) is 9.59 Å². The lowest BCUT2D eigenvalue weighted by Crippen LogP contribution is -2.18. The van der Waals surface area contributed by atoms with Gasteiger partial charge in [0.1, 0.15) is 5.75 Å². The molecule has 0 bridgehead atoms. The summed E-state index contributed by atoms with van der Waals surface area (Å²) >= 11 is 9.44. The van der Waals surface area contributed by atoms with Gasteiger partial charge in [0.25, 0.3) is 11.8 Å². The van der Waals surface area contributed by atoms with E-state index in [0.29, 0.717) is 33.1 Å². The first kappa shape index (κ1) is 21.5. The molecule has 3 aromatic rings. The van der Waals surface area contributed by atoms with Crippen molar-refractivity contribution >= 4 is 51.2 Å². The maximum absolute atomic E-state index is 12.4. The molecular weight excluding hydrogens is 470 g/mol. The van der Waals surface area contributed by atoms with Crippen molar-refractivity contribution in [3.8, 4) is 5.75 Å². The smallest absolute Gasteiger partial charge is 0.271 e. The molecule has 3 rings (SSSR count). The Labute approximate surface area is 187 Å². The van der Waals surface area contributed by atoms with E-state index < -0.39 is 5.91 Å². The van der Waals surface area contributed by atoms with Gasteiger partial charge in [-0.05, 0) is 48.5 Å². The van der Waals surface area contributed by atoms with Crippen LogP contribution in [0.4, 0.5) is 5.69 Å². The average Bonchev–Trinajstić information content (AvgIpc) is 2.74. The monoisotopic (exact) mass is 485 g/mol. The van der Waals surface area contributed by atoms with Gasteiger partial charge in [0, 0.05) is 21.3 Å². The van der Waals surface area contributed by atoms with E-state index in [1.54, 1.807) is 61.7 Å². The Morgan fingerprint density at radius 2 is 1.83 bits per heavy atom. The minimum Gasteiger partial charge on any atom is -0.496 e. The van der Waals surface area contributed by atoms with Crippen LogP contribution in [0.5, 0.6) is 5.75 Å². The zero-order valence-corrected chi connectivity index (χ0v) is 18.2. The number of nitrogens with zero attached hydrogens (tertiary/aromatic N) is 1. The fraction of sp³-hybridized carbons (Fsp3) is 0.0455. The van der Waals surface area contributed by atoms with Gasteiger partial charge in [-0.2, -0.15) is 5.10 Å². The van der Waals surface area contributed by atoms with Crippen molar-refractivity contribution in [1.82, 2.24) is 5.43 Å². The second kappa shape index (κ2) is 10.0. The van der Waals surface area contributed by atoms with E-state index in [0.717, 1.165) is 4.47 Å². The Balaban J connectivity index is 1.68. The number of carbonyl (C=O) groups excluding carboxylic acids is 2. The summed E-state index contributed by atoms with van der Waals surface area (Å²) in [4.78, 5) is 24.8. The van der Waals surface area contributed by atoms with Crippen molar-refractivity contribution < 1.29 is 14.3 Å². The topological polar surface area (TPSA) is 79.8 Å². The SMILES string of the molecule is COc1ccc(Br)cc1C=NNC(=O)c1cccc(NC(=O)c2ccccc2Cl)c1. The van der Waals surface area contributed by atoms with Gasteiger partial charge in [-0.1, -0.05) is 45.7 Å². The zero-order chi connectivity index (χ0) is 21.5. The van der Waals surface area contributed by atoms with Crippen LogP contribution in [0.2, 0.25) is 5.02 Å². The molecule has 0 spiro atoms. The molecule has 30 heavy (non-hydrogen) atoms. The van der Waals surface area contributed by atoms with E-state index in [1.165, 1.54) is 6.21 Å². The molecular formula is C22H17BrClN3O3. The van der Waals surface area contributed by atoms with Gasteiger partial charge < -0.3 is 10.1 Å². The normalized spacial score (nSPS) is 10.6. The first-order valence-electron chi connectivity index (χ1n) is 8.81. The molecule has 0 aliphatic rings. The van der Waals surface area contributed by atoms with E-state index in [-0.39, 0.29) is 5.91 Å². The molecule has 6 nitrogen and oxygen atoms in total. The molecule has 3 aromatic carbocycles.